The Bertz CT molecular complexity index is 1750. The molecule has 0 atom stereocenters. The SMILES string of the molecule is O=C(CN(c1ccccc1[N+](=O)[O-])S(=O)(=O)c1ccccc1)Nc1ccc(S(=O)(=O)Nc2ccc(F)cc2)cc1. The minimum absolute atomic E-state index is 0.144. The first kappa shape index (κ1) is 28.2. The minimum atomic E-state index is -4.40. The Labute approximate surface area is 229 Å². The van der Waals surface area contributed by atoms with Crippen molar-refractivity contribution < 1.29 is 30.9 Å². The largest absolute Gasteiger partial charge is 0.325 e. The van der Waals surface area contributed by atoms with Crippen molar-refractivity contribution >= 4 is 48.7 Å². The zero-order valence-electron chi connectivity index (χ0n) is 20.5. The summed E-state index contributed by atoms with van der Waals surface area (Å²) in [6.07, 6.45) is 0. The maximum atomic E-state index is 13.4. The van der Waals surface area contributed by atoms with E-state index in [1.165, 1.54) is 78.9 Å². The van der Waals surface area contributed by atoms with Crippen LogP contribution in [0, 0.1) is 15.9 Å². The van der Waals surface area contributed by atoms with Crippen LogP contribution in [0.25, 0.3) is 0 Å². The topological polar surface area (TPSA) is 156 Å². The molecule has 0 aromatic heterocycles. The third kappa shape index (κ3) is 6.42. The van der Waals surface area contributed by atoms with Crippen LogP contribution in [-0.4, -0.2) is 34.2 Å². The number of nitro benzene ring substituents is 1. The summed E-state index contributed by atoms with van der Waals surface area (Å²) < 4.78 is 68.2. The fourth-order valence-corrected chi connectivity index (χ4v) is 6.14. The number of carbonyl (C=O) groups excluding carboxylic acids is 1. The summed E-state index contributed by atoms with van der Waals surface area (Å²) in [5.41, 5.74) is -0.531. The molecular formula is C26H21FN4O7S2. The third-order valence-corrected chi connectivity index (χ3v) is 8.68. The predicted molar refractivity (Wildman–Crippen MR) is 146 cm³/mol. The van der Waals surface area contributed by atoms with E-state index >= 15 is 0 Å². The van der Waals surface area contributed by atoms with Crippen LogP contribution in [0.4, 0.5) is 27.1 Å². The number of para-hydroxylation sites is 2. The van der Waals surface area contributed by atoms with Crippen molar-refractivity contribution in [1.29, 1.82) is 0 Å². The van der Waals surface area contributed by atoms with Gasteiger partial charge in [-0.2, -0.15) is 0 Å². The van der Waals surface area contributed by atoms with Gasteiger partial charge in [-0.15, -0.1) is 0 Å². The molecule has 0 unspecified atom stereocenters. The Morgan fingerprint density at radius 1 is 0.775 bits per heavy atom. The molecule has 0 bridgehead atoms. The fraction of sp³-hybridized carbons (Fsp3) is 0.0385. The molecule has 0 aliphatic heterocycles. The molecule has 0 saturated carbocycles. The zero-order chi connectivity index (χ0) is 28.9. The number of sulfonamides is 2. The number of benzene rings is 4. The highest BCUT2D eigenvalue weighted by atomic mass is 32.2. The van der Waals surface area contributed by atoms with Gasteiger partial charge in [-0.3, -0.25) is 19.6 Å². The number of hydrogen-bond donors (Lipinski definition) is 2. The lowest BCUT2D eigenvalue weighted by Gasteiger charge is -2.23. The lowest BCUT2D eigenvalue weighted by molar-refractivity contribution is -0.384. The number of nitro groups is 1. The Morgan fingerprint density at radius 3 is 1.98 bits per heavy atom. The number of nitrogens with zero attached hydrogens (tertiary/aromatic N) is 2. The number of halogens is 1. The van der Waals surface area contributed by atoms with Crippen molar-refractivity contribution in [2.75, 3.05) is 20.9 Å². The van der Waals surface area contributed by atoms with Crippen LogP contribution >= 0.6 is 0 Å². The molecule has 11 nitrogen and oxygen atoms in total. The molecule has 206 valence electrons. The molecule has 4 aromatic carbocycles. The van der Waals surface area contributed by atoms with Crippen molar-refractivity contribution in [3.05, 3.63) is 119 Å². The predicted octanol–water partition coefficient (Wildman–Crippen LogP) is 4.37. The second-order valence-electron chi connectivity index (χ2n) is 8.26. The van der Waals surface area contributed by atoms with Crippen LogP contribution in [0.3, 0.4) is 0 Å². The molecule has 4 rings (SSSR count). The number of rotatable bonds is 10. The fourth-order valence-electron chi connectivity index (χ4n) is 3.63. The lowest BCUT2D eigenvalue weighted by atomic mass is 10.2. The van der Waals surface area contributed by atoms with Crippen molar-refractivity contribution in [2.24, 2.45) is 0 Å². The summed E-state index contributed by atoms with van der Waals surface area (Å²) in [6.45, 7) is -0.811. The molecule has 0 fully saturated rings. The van der Waals surface area contributed by atoms with Gasteiger partial charge in [-0.1, -0.05) is 30.3 Å². The first-order valence-electron chi connectivity index (χ1n) is 11.5. The molecule has 4 aromatic rings. The third-order valence-electron chi connectivity index (χ3n) is 5.51. The Kier molecular flexibility index (Phi) is 8.11. The van der Waals surface area contributed by atoms with E-state index in [4.69, 9.17) is 0 Å². The molecular weight excluding hydrogens is 563 g/mol. The monoisotopic (exact) mass is 584 g/mol. The molecule has 0 aliphatic rings. The van der Waals surface area contributed by atoms with Gasteiger partial charge in [0.25, 0.3) is 25.7 Å². The molecule has 14 heteroatoms. The van der Waals surface area contributed by atoms with Crippen LogP contribution in [0.2, 0.25) is 0 Å². The molecule has 1 amide bonds. The van der Waals surface area contributed by atoms with E-state index in [0.29, 0.717) is 4.31 Å². The van der Waals surface area contributed by atoms with Gasteiger partial charge < -0.3 is 5.32 Å². The standard InChI is InChI=1S/C26H21FN4O7S2/c27-19-10-12-21(13-11-19)29-39(35,36)22-16-14-20(15-17-22)28-26(32)18-30(24-8-4-5-9-25(24)31(33)34)40(37,38)23-6-2-1-3-7-23/h1-17,29H,18H2,(H,28,32). The van der Waals surface area contributed by atoms with Crippen LogP contribution in [-0.2, 0) is 24.8 Å². The van der Waals surface area contributed by atoms with Crippen LogP contribution < -0.4 is 14.3 Å². The quantitative estimate of drug-likeness (QED) is 0.207. The first-order valence-corrected chi connectivity index (χ1v) is 14.4. The van der Waals surface area contributed by atoms with E-state index < -0.39 is 48.9 Å². The highest BCUT2D eigenvalue weighted by molar-refractivity contribution is 7.93. The van der Waals surface area contributed by atoms with E-state index in [-0.39, 0.29) is 26.9 Å². The smallest absolute Gasteiger partial charge is 0.293 e. The Hall–Kier alpha value is -4.82. The van der Waals surface area contributed by atoms with Gasteiger partial charge >= 0.3 is 0 Å². The summed E-state index contributed by atoms with van der Waals surface area (Å²) in [6, 6.07) is 22.0. The molecule has 0 heterocycles. The van der Waals surface area contributed by atoms with Gasteiger partial charge in [0.1, 0.15) is 18.0 Å². The van der Waals surface area contributed by atoms with E-state index in [0.717, 1.165) is 18.2 Å². The maximum absolute atomic E-state index is 13.4. The number of nitrogens with one attached hydrogen (secondary N) is 2. The van der Waals surface area contributed by atoms with E-state index in [1.54, 1.807) is 6.07 Å². The molecule has 0 aliphatic carbocycles. The molecule has 40 heavy (non-hydrogen) atoms. The lowest BCUT2D eigenvalue weighted by Crippen LogP contribution is -2.38. The van der Waals surface area contributed by atoms with Crippen LogP contribution in [0.5, 0.6) is 0 Å². The van der Waals surface area contributed by atoms with Crippen LogP contribution in [0.1, 0.15) is 0 Å². The van der Waals surface area contributed by atoms with E-state index in [2.05, 4.69) is 10.0 Å². The summed E-state index contributed by atoms with van der Waals surface area (Å²) in [5.74, 6) is -1.36. The average Bonchev–Trinajstić information content (AvgIpc) is 2.93. The summed E-state index contributed by atoms with van der Waals surface area (Å²) in [5, 5.41) is 14.1. The van der Waals surface area contributed by atoms with Gasteiger partial charge in [-0.25, -0.2) is 25.5 Å². The second-order valence-corrected chi connectivity index (χ2v) is 11.8. The normalized spacial score (nSPS) is 11.4. The van der Waals surface area contributed by atoms with Gasteiger partial charge in [0.05, 0.1) is 14.7 Å². The van der Waals surface area contributed by atoms with E-state index in [9.17, 15) is 36.1 Å². The molecule has 0 saturated heterocycles. The van der Waals surface area contributed by atoms with Gasteiger partial charge in [0.2, 0.25) is 5.91 Å². The van der Waals surface area contributed by atoms with Crippen molar-refractivity contribution in [3.8, 4) is 0 Å². The second kappa shape index (κ2) is 11.5. The minimum Gasteiger partial charge on any atom is -0.325 e. The maximum Gasteiger partial charge on any atom is 0.293 e. The van der Waals surface area contributed by atoms with Crippen LogP contribution in [0.15, 0.2) is 113 Å². The van der Waals surface area contributed by atoms with E-state index in [1.807, 2.05) is 0 Å². The van der Waals surface area contributed by atoms with Crippen molar-refractivity contribution in [1.82, 2.24) is 0 Å². The number of hydrogen-bond acceptors (Lipinski definition) is 7. The highest BCUT2D eigenvalue weighted by Gasteiger charge is 2.32. The number of amides is 1. The van der Waals surface area contributed by atoms with Gasteiger partial charge in [0, 0.05) is 17.4 Å². The molecule has 0 radical (unpaired) electrons. The van der Waals surface area contributed by atoms with Crippen molar-refractivity contribution in [3.63, 3.8) is 0 Å². The molecule has 2 N–H and O–H groups in total. The Balaban J connectivity index is 1.57. The summed E-state index contributed by atoms with van der Waals surface area (Å²) in [7, 11) is -8.42. The summed E-state index contributed by atoms with van der Waals surface area (Å²) >= 11 is 0. The summed E-state index contributed by atoms with van der Waals surface area (Å²) in [4.78, 5) is 23.5. The average molecular weight is 585 g/mol. The zero-order valence-corrected chi connectivity index (χ0v) is 22.1. The van der Waals surface area contributed by atoms with Crippen molar-refractivity contribution in [2.45, 2.75) is 9.79 Å². The first-order chi connectivity index (χ1) is 19.0. The highest BCUT2D eigenvalue weighted by Crippen LogP contribution is 2.32. The van der Waals surface area contributed by atoms with Gasteiger partial charge in [0.15, 0.2) is 0 Å². The van der Waals surface area contributed by atoms with Gasteiger partial charge in [-0.05, 0) is 66.7 Å². The number of anilines is 3. The number of carbonyl (C=O) groups is 1. The Morgan fingerprint density at radius 2 is 1.35 bits per heavy atom. The molecule has 0 spiro atoms.